The summed E-state index contributed by atoms with van der Waals surface area (Å²) in [5.74, 6) is 0. The normalized spacial score (nSPS) is 10.5. The smallest absolute Gasteiger partial charge is 0.0484 e. The quantitative estimate of drug-likeness (QED) is 0.573. The summed E-state index contributed by atoms with van der Waals surface area (Å²) in [4.78, 5) is 1.21. The molecule has 2 heteroatoms. The van der Waals surface area contributed by atoms with Crippen molar-refractivity contribution < 1.29 is 0 Å². The van der Waals surface area contributed by atoms with Gasteiger partial charge in [0, 0.05) is 21.0 Å². The molecular formula is C16H10ClS. The fourth-order valence-corrected chi connectivity index (χ4v) is 2.95. The van der Waals surface area contributed by atoms with Crippen LogP contribution in [-0.2, 0) is 0 Å². The topological polar surface area (TPSA) is 0 Å². The number of halogens is 1. The Morgan fingerprint density at radius 1 is 0.889 bits per heavy atom. The zero-order chi connectivity index (χ0) is 12.4. The molecule has 0 N–H and O–H groups in total. The molecule has 3 rings (SSSR count). The van der Waals surface area contributed by atoms with Gasteiger partial charge >= 0.3 is 0 Å². The lowest BCUT2D eigenvalue weighted by Crippen LogP contribution is -1.83. The molecule has 2 aromatic carbocycles. The van der Waals surface area contributed by atoms with Crippen LogP contribution in [0.2, 0.25) is 5.02 Å². The monoisotopic (exact) mass is 269 g/mol. The molecule has 0 bridgehead atoms. The van der Waals surface area contributed by atoms with Gasteiger partial charge < -0.3 is 0 Å². The standard InChI is InChI=1S/C16H10ClS/c17-15-9-4-3-7-13(15)12-6-1-2-8-14(12)16-10-5-11-18-16/h1-7,9-11H. The molecule has 0 aliphatic carbocycles. The first-order valence-electron chi connectivity index (χ1n) is 5.66. The molecule has 0 nitrogen and oxygen atoms in total. The van der Waals surface area contributed by atoms with Crippen LogP contribution in [0.25, 0.3) is 21.6 Å². The average molecular weight is 270 g/mol. The molecule has 18 heavy (non-hydrogen) atoms. The minimum absolute atomic E-state index is 0.773. The van der Waals surface area contributed by atoms with Crippen molar-refractivity contribution in [2.75, 3.05) is 0 Å². The van der Waals surface area contributed by atoms with E-state index < -0.39 is 0 Å². The maximum absolute atomic E-state index is 6.28. The molecule has 1 aromatic heterocycles. The van der Waals surface area contributed by atoms with Gasteiger partial charge in [0.05, 0.1) is 0 Å². The highest BCUT2D eigenvalue weighted by Crippen LogP contribution is 2.36. The summed E-state index contributed by atoms with van der Waals surface area (Å²) < 4.78 is 0. The van der Waals surface area contributed by atoms with E-state index in [2.05, 4.69) is 29.6 Å². The van der Waals surface area contributed by atoms with Crippen molar-refractivity contribution in [2.45, 2.75) is 0 Å². The van der Waals surface area contributed by atoms with E-state index >= 15 is 0 Å². The van der Waals surface area contributed by atoms with E-state index in [0.29, 0.717) is 0 Å². The maximum atomic E-state index is 6.28. The molecule has 87 valence electrons. The van der Waals surface area contributed by atoms with Gasteiger partial charge in [-0.2, -0.15) is 0 Å². The Morgan fingerprint density at radius 3 is 2.50 bits per heavy atom. The van der Waals surface area contributed by atoms with Crippen LogP contribution in [-0.4, -0.2) is 0 Å². The Morgan fingerprint density at radius 2 is 1.72 bits per heavy atom. The number of benzene rings is 2. The van der Waals surface area contributed by atoms with Crippen molar-refractivity contribution in [1.29, 1.82) is 0 Å². The minimum Gasteiger partial charge on any atom is -0.144 e. The van der Waals surface area contributed by atoms with Gasteiger partial charge in [-0.15, -0.1) is 11.3 Å². The van der Waals surface area contributed by atoms with E-state index in [1.54, 1.807) is 11.3 Å². The molecule has 0 atom stereocenters. The number of hydrogen-bond acceptors (Lipinski definition) is 1. The molecule has 0 amide bonds. The molecule has 0 spiro atoms. The second-order valence-electron chi connectivity index (χ2n) is 3.92. The zero-order valence-corrected chi connectivity index (χ0v) is 11.1. The Hall–Kier alpha value is -1.57. The van der Waals surface area contributed by atoms with Gasteiger partial charge in [-0.25, -0.2) is 0 Å². The summed E-state index contributed by atoms with van der Waals surface area (Å²) in [6, 6.07) is 21.4. The minimum atomic E-state index is 0.773. The van der Waals surface area contributed by atoms with Crippen LogP contribution in [0.3, 0.4) is 0 Å². The van der Waals surface area contributed by atoms with Crippen molar-refractivity contribution in [1.82, 2.24) is 0 Å². The highest BCUT2D eigenvalue weighted by molar-refractivity contribution is 7.13. The van der Waals surface area contributed by atoms with Gasteiger partial charge in [-0.1, -0.05) is 54.1 Å². The lowest BCUT2D eigenvalue weighted by atomic mass is 9.99. The van der Waals surface area contributed by atoms with Crippen LogP contribution in [0.4, 0.5) is 0 Å². The molecule has 0 saturated heterocycles. The average Bonchev–Trinajstić information content (AvgIpc) is 2.93. The summed E-state index contributed by atoms with van der Waals surface area (Å²) in [7, 11) is 0. The molecule has 0 saturated carbocycles. The fraction of sp³-hybridized carbons (Fsp3) is 0. The summed E-state index contributed by atoms with van der Waals surface area (Å²) in [5.41, 5.74) is 3.30. The first-order chi connectivity index (χ1) is 8.86. The maximum Gasteiger partial charge on any atom is 0.0484 e. The van der Waals surface area contributed by atoms with Crippen LogP contribution in [0.5, 0.6) is 0 Å². The summed E-state index contributed by atoms with van der Waals surface area (Å²) in [5, 5.41) is 2.85. The van der Waals surface area contributed by atoms with E-state index in [1.165, 1.54) is 4.88 Å². The molecule has 1 radical (unpaired) electrons. The van der Waals surface area contributed by atoms with Crippen LogP contribution in [0, 0.1) is 6.07 Å². The third-order valence-electron chi connectivity index (χ3n) is 2.79. The van der Waals surface area contributed by atoms with Gasteiger partial charge in [-0.05, 0) is 29.1 Å². The summed E-state index contributed by atoms with van der Waals surface area (Å²) >= 11 is 8.00. The zero-order valence-electron chi connectivity index (χ0n) is 9.56. The Bertz CT molecular complexity index is 656. The van der Waals surface area contributed by atoms with Crippen molar-refractivity contribution in [2.24, 2.45) is 0 Å². The summed E-state index contributed by atoms with van der Waals surface area (Å²) in [6.07, 6.45) is 0. The van der Waals surface area contributed by atoms with Crippen LogP contribution in [0.1, 0.15) is 0 Å². The first-order valence-corrected chi connectivity index (χ1v) is 6.91. The third-order valence-corrected chi connectivity index (χ3v) is 4.00. The van der Waals surface area contributed by atoms with Crippen LogP contribution >= 0.6 is 22.9 Å². The van der Waals surface area contributed by atoms with Gasteiger partial charge in [0.25, 0.3) is 0 Å². The van der Waals surface area contributed by atoms with Gasteiger partial charge in [0.2, 0.25) is 0 Å². The molecule has 1 heterocycles. The van der Waals surface area contributed by atoms with E-state index in [4.69, 9.17) is 11.6 Å². The SMILES string of the molecule is Clc1ccccc1-c1ccc[c]c1-c1cccs1. The van der Waals surface area contributed by atoms with Crippen molar-refractivity contribution in [3.63, 3.8) is 0 Å². The first kappa shape index (κ1) is 11.5. The summed E-state index contributed by atoms with van der Waals surface area (Å²) in [6.45, 7) is 0. The Balaban J connectivity index is 2.22. The lowest BCUT2D eigenvalue weighted by Gasteiger charge is -2.09. The Kier molecular flexibility index (Phi) is 3.18. The van der Waals surface area contributed by atoms with E-state index in [1.807, 2.05) is 36.4 Å². The fourth-order valence-electron chi connectivity index (χ4n) is 1.97. The van der Waals surface area contributed by atoms with Crippen molar-refractivity contribution >= 4 is 22.9 Å². The molecule has 3 aromatic rings. The highest BCUT2D eigenvalue weighted by Gasteiger charge is 2.09. The Labute approximate surface area is 115 Å². The molecule has 0 aliphatic heterocycles. The highest BCUT2D eigenvalue weighted by atomic mass is 35.5. The van der Waals surface area contributed by atoms with Gasteiger partial charge in [0.1, 0.15) is 0 Å². The molecule has 0 aliphatic rings. The second kappa shape index (κ2) is 4.97. The second-order valence-corrected chi connectivity index (χ2v) is 5.27. The molecule has 0 unspecified atom stereocenters. The van der Waals surface area contributed by atoms with E-state index in [9.17, 15) is 0 Å². The molecule has 0 fully saturated rings. The largest absolute Gasteiger partial charge is 0.144 e. The predicted molar refractivity (Wildman–Crippen MR) is 79.0 cm³/mol. The van der Waals surface area contributed by atoms with Gasteiger partial charge in [-0.3, -0.25) is 0 Å². The number of thiophene rings is 1. The predicted octanol–water partition coefficient (Wildman–Crippen LogP) is 5.54. The number of rotatable bonds is 2. The number of hydrogen-bond donors (Lipinski definition) is 0. The third kappa shape index (κ3) is 2.07. The van der Waals surface area contributed by atoms with E-state index in [0.717, 1.165) is 21.7 Å². The van der Waals surface area contributed by atoms with Crippen LogP contribution in [0.15, 0.2) is 60.0 Å². The van der Waals surface area contributed by atoms with Crippen molar-refractivity contribution in [3.05, 3.63) is 71.1 Å². The molecular weight excluding hydrogens is 260 g/mol. The van der Waals surface area contributed by atoms with Crippen LogP contribution < -0.4 is 0 Å². The van der Waals surface area contributed by atoms with Crippen molar-refractivity contribution in [3.8, 4) is 21.6 Å². The lowest BCUT2D eigenvalue weighted by molar-refractivity contribution is 1.61. The van der Waals surface area contributed by atoms with E-state index in [-0.39, 0.29) is 0 Å². The van der Waals surface area contributed by atoms with Gasteiger partial charge in [0.15, 0.2) is 0 Å².